The first-order valence-corrected chi connectivity index (χ1v) is 5.63. The van der Waals surface area contributed by atoms with Crippen molar-refractivity contribution in [2.45, 2.75) is 32.8 Å². The Morgan fingerprint density at radius 2 is 1.94 bits per heavy atom. The maximum atomic E-state index is 13.8. The Morgan fingerprint density at radius 1 is 1.39 bits per heavy atom. The Hall–Kier alpha value is -1.49. The van der Waals surface area contributed by atoms with Crippen LogP contribution in [-0.2, 0) is 10.4 Å². The van der Waals surface area contributed by atoms with Crippen LogP contribution in [0.25, 0.3) is 0 Å². The molecule has 0 aromatic heterocycles. The van der Waals surface area contributed by atoms with E-state index in [1.807, 2.05) is 0 Å². The molecule has 0 heterocycles. The van der Waals surface area contributed by atoms with Gasteiger partial charge in [0, 0.05) is 5.56 Å². The Balaban J connectivity index is 3.35. The van der Waals surface area contributed by atoms with Crippen molar-refractivity contribution in [3.8, 4) is 0 Å². The van der Waals surface area contributed by atoms with Crippen LogP contribution in [0.4, 0.5) is 8.78 Å². The number of hydrogen-bond donors (Lipinski definition) is 2. The first-order valence-electron chi connectivity index (χ1n) is 5.63. The largest absolute Gasteiger partial charge is 0.481 e. The number of benzene rings is 1. The Kier molecular flexibility index (Phi) is 4.06. The van der Waals surface area contributed by atoms with Crippen LogP contribution in [0.1, 0.15) is 31.4 Å². The van der Waals surface area contributed by atoms with Gasteiger partial charge in [0.2, 0.25) is 0 Å². The number of hydrogen-bond acceptors (Lipinski definition) is 2. The molecule has 1 aromatic rings. The fourth-order valence-electron chi connectivity index (χ4n) is 2.03. The van der Waals surface area contributed by atoms with Crippen molar-refractivity contribution < 1.29 is 23.8 Å². The lowest BCUT2D eigenvalue weighted by molar-refractivity contribution is -0.152. The van der Waals surface area contributed by atoms with Gasteiger partial charge in [-0.1, -0.05) is 6.92 Å². The summed E-state index contributed by atoms with van der Waals surface area (Å²) in [7, 11) is 0. The van der Waals surface area contributed by atoms with E-state index in [2.05, 4.69) is 0 Å². The zero-order chi connectivity index (χ0) is 14.1. The molecule has 0 spiro atoms. The molecule has 5 heteroatoms. The minimum Gasteiger partial charge on any atom is -0.481 e. The summed E-state index contributed by atoms with van der Waals surface area (Å²) in [5.74, 6) is -3.93. The third-order valence-corrected chi connectivity index (χ3v) is 3.18. The fourth-order valence-corrected chi connectivity index (χ4v) is 2.03. The van der Waals surface area contributed by atoms with E-state index in [1.54, 1.807) is 6.92 Å². The third-order valence-electron chi connectivity index (χ3n) is 3.18. The number of carboxylic acids is 1. The lowest BCUT2D eigenvalue weighted by Crippen LogP contribution is -2.37. The smallest absolute Gasteiger partial charge is 0.309 e. The van der Waals surface area contributed by atoms with Gasteiger partial charge in [-0.2, -0.15) is 0 Å². The van der Waals surface area contributed by atoms with E-state index in [4.69, 9.17) is 5.11 Å². The molecule has 0 aliphatic heterocycles. The summed E-state index contributed by atoms with van der Waals surface area (Å²) in [6.07, 6.45) is 0.108. The van der Waals surface area contributed by atoms with Gasteiger partial charge in [-0.3, -0.25) is 4.79 Å². The average molecular weight is 258 g/mol. The SMILES string of the molecule is CCC(C(=O)O)C(C)(O)c1cc(F)c(C)cc1F. The molecule has 0 aliphatic rings. The molecule has 1 rings (SSSR count). The Bertz CT molecular complexity index is 470. The first kappa shape index (κ1) is 14.6. The number of carboxylic acid groups (broad SMARTS) is 1. The molecule has 18 heavy (non-hydrogen) atoms. The van der Waals surface area contributed by atoms with Crippen molar-refractivity contribution in [3.05, 3.63) is 34.9 Å². The number of halogens is 2. The predicted molar refractivity (Wildman–Crippen MR) is 62.1 cm³/mol. The van der Waals surface area contributed by atoms with E-state index in [1.165, 1.54) is 13.8 Å². The summed E-state index contributed by atoms with van der Waals surface area (Å²) in [6.45, 7) is 4.14. The van der Waals surface area contributed by atoms with Crippen LogP contribution >= 0.6 is 0 Å². The number of carbonyl (C=O) groups is 1. The molecule has 0 aliphatic carbocycles. The molecule has 2 N–H and O–H groups in total. The number of aryl methyl sites for hydroxylation is 1. The summed E-state index contributed by atoms with van der Waals surface area (Å²) >= 11 is 0. The molecular formula is C13H16F2O3. The highest BCUT2D eigenvalue weighted by atomic mass is 19.1. The minimum absolute atomic E-state index is 0.107. The fraction of sp³-hybridized carbons (Fsp3) is 0.462. The third kappa shape index (κ3) is 2.51. The van der Waals surface area contributed by atoms with Gasteiger partial charge in [0.1, 0.15) is 17.2 Å². The van der Waals surface area contributed by atoms with Crippen molar-refractivity contribution in [2.24, 2.45) is 5.92 Å². The van der Waals surface area contributed by atoms with E-state index < -0.39 is 29.1 Å². The second-order valence-electron chi connectivity index (χ2n) is 4.53. The molecule has 3 nitrogen and oxygen atoms in total. The van der Waals surface area contributed by atoms with Crippen LogP contribution in [0.15, 0.2) is 12.1 Å². The summed E-state index contributed by atoms with van der Waals surface area (Å²) in [5.41, 5.74) is -2.19. The molecule has 1 aromatic carbocycles. The lowest BCUT2D eigenvalue weighted by Gasteiger charge is -2.30. The molecule has 0 saturated carbocycles. The van der Waals surface area contributed by atoms with Crippen molar-refractivity contribution in [2.75, 3.05) is 0 Å². The topological polar surface area (TPSA) is 57.5 Å². The number of rotatable bonds is 4. The average Bonchev–Trinajstić information content (AvgIpc) is 2.23. The van der Waals surface area contributed by atoms with Gasteiger partial charge in [-0.05, 0) is 38.0 Å². The second kappa shape index (κ2) is 5.02. The van der Waals surface area contributed by atoms with Crippen molar-refractivity contribution in [1.29, 1.82) is 0 Å². The molecular weight excluding hydrogens is 242 g/mol. The molecule has 0 amide bonds. The van der Waals surface area contributed by atoms with Crippen molar-refractivity contribution in [3.63, 3.8) is 0 Å². The van der Waals surface area contributed by atoms with Gasteiger partial charge in [0.05, 0.1) is 5.92 Å². The highest BCUT2D eigenvalue weighted by Crippen LogP contribution is 2.34. The molecule has 0 fully saturated rings. The minimum atomic E-state index is -1.96. The molecule has 100 valence electrons. The molecule has 0 saturated heterocycles. The van der Waals surface area contributed by atoms with E-state index in [0.717, 1.165) is 12.1 Å². The maximum Gasteiger partial charge on any atom is 0.309 e. The van der Waals surface area contributed by atoms with Crippen LogP contribution in [0.5, 0.6) is 0 Å². The van der Waals surface area contributed by atoms with Crippen LogP contribution in [-0.4, -0.2) is 16.2 Å². The van der Waals surface area contributed by atoms with Gasteiger partial charge in [0.25, 0.3) is 0 Å². The number of aliphatic carboxylic acids is 1. The standard InChI is InChI=1S/C13H16F2O3/c1-4-8(12(16)17)13(3,18)9-6-10(14)7(2)5-11(9)15/h5-6,8,18H,4H2,1-3H3,(H,16,17). The Morgan fingerprint density at radius 3 is 2.39 bits per heavy atom. The number of aliphatic hydroxyl groups is 1. The van der Waals surface area contributed by atoms with Crippen LogP contribution in [0.3, 0.4) is 0 Å². The van der Waals surface area contributed by atoms with Gasteiger partial charge in [-0.15, -0.1) is 0 Å². The van der Waals surface area contributed by atoms with E-state index in [9.17, 15) is 18.7 Å². The van der Waals surface area contributed by atoms with Gasteiger partial charge in [0.15, 0.2) is 0 Å². The summed E-state index contributed by atoms with van der Waals surface area (Å²) < 4.78 is 27.2. The van der Waals surface area contributed by atoms with Gasteiger partial charge >= 0.3 is 5.97 Å². The molecule has 0 radical (unpaired) electrons. The zero-order valence-electron chi connectivity index (χ0n) is 10.5. The van der Waals surface area contributed by atoms with Gasteiger partial charge < -0.3 is 10.2 Å². The molecule has 2 atom stereocenters. The first-order chi connectivity index (χ1) is 8.21. The van der Waals surface area contributed by atoms with Crippen molar-refractivity contribution in [1.82, 2.24) is 0 Å². The van der Waals surface area contributed by atoms with E-state index in [-0.39, 0.29) is 17.5 Å². The van der Waals surface area contributed by atoms with E-state index in [0.29, 0.717) is 0 Å². The molecule has 2 unspecified atom stereocenters. The van der Waals surface area contributed by atoms with E-state index >= 15 is 0 Å². The normalized spacial score (nSPS) is 16.1. The second-order valence-corrected chi connectivity index (χ2v) is 4.53. The monoisotopic (exact) mass is 258 g/mol. The highest BCUT2D eigenvalue weighted by molar-refractivity contribution is 5.71. The highest BCUT2D eigenvalue weighted by Gasteiger charge is 2.40. The Labute approximate surface area is 104 Å². The van der Waals surface area contributed by atoms with Crippen LogP contribution in [0, 0.1) is 24.5 Å². The quantitative estimate of drug-likeness (QED) is 0.872. The maximum absolute atomic E-state index is 13.8. The lowest BCUT2D eigenvalue weighted by atomic mass is 9.80. The summed E-state index contributed by atoms with van der Waals surface area (Å²) in [4.78, 5) is 11.0. The predicted octanol–water partition coefficient (Wildman–Crippen LogP) is 2.59. The summed E-state index contributed by atoms with van der Waals surface area (Å²) in [5, 5.41) is 19.2. The summed E-state index contributed by atoms with van der Waals surface area (Å²) in [6, 6.07) is 1.81. The van der Waals surface area contributed by atoms with Crippen LogP contribution < -0.4 is 0 Å². The van der Waals surface area contributed by atoms with Crippen molar-refractivity contribution >= 4 is 5.97 Å². The zero-order valence-corrected chi connectivity index (χ0v) is 10.5. The van der Waals surface area contributed by atoms with Crippen LogP contribution in [0.2, 0.25) is 0 Å². The molecule has 0 bridgehead atoms. The van der Waals surface area contributed by atoms with Gasteiger partial charge in [-0.25, -0.2) is 8.78 Å².